The Morgan fingerprint density at radius 1 is 1.50 bits per heavy atom. The first-order valence-corrected chi connectivity index (χ1v) is 5.60. The standard InChI is InChI=1S/C12H19NO/c1-10-4-6-12(14-10)7-5-11-3-2-8-13-9-11/h4,6,11,13H,2-3,5,7-9H2,1H3. The van der Waals surface area contributed by atoms with E-state index in [2.05, 4.69) is 17.4 Å². The van der Waals surface area contributed by atoms with Gasteiger partial charge in [-0.15, -0.1) is 0 Å². The van der Waals surface area contributed by atoms with Gasteiger partial charge in [0, 0.05) is 6.42 Å². The second-order valence-corrected chi connectivity index (χ2v) is 4.26. The molecule has 0 aromatic carbocycles. The van der Waals surface area contributed by atoms with E-state index >= 15 is 0 Å². The van der Waals surface area contributed by atoms with E-state index < -0.39 is 0 Å². The third-order valence-corrected chi connectivity index (χ3v) is 2.99. The number of nitrogens with one attached hydrogen (secondary N) is 1. The van der Waals surface area contributed by atoms with Crippen LogP contribution in [0.15, 0.2) is 16.5 Å². The molecule has 1 aromatic heterocycles. The molecule has 0 bridgehead atoms. The number of hydrogen-bond acceptors (Lipinski definition) is 2. The van der Waals surface area contributed by atoms with E-state index in [4.69, 9.17) is 4.42 Å². The summed E-state index contributed by atoms with van der Waals surface area (Å²) in [6, 6.07) is 4.15. The van der Waals surface area contributed by atoms with Crippen molar-refractivity contribution >= 4 is 0 Å². The van der Waals surface area contributed by atoms with Crippen molar-refractivity contribution in [2.24, 2.45) is 5.92 Å². The SMILES string of the molecule is Cc1ccc(CCC2CCCNC2)o1. The summed E-state index contributed by atoms with van der Waals surface area (Å²) in [5.74, 6) is 3.03. The third-order valence-electron chi connectivity index (χ3n) is 2.99. The maximum Gasteiger partial charge on any atom is 0.104 e. The Morgan fingerprint density at radius 2 is 2.43 bits per heavy atom. The maximum atomic E-state index is 5.55. The lowest BCUT2D eigenvalue weighted by molar-refractivity contribution is 0.346. The molecule has 2 heteroatoms. The van der Waals surface area contributed by atoms with Crippen LogP contribution >= 0.6 is 0 Å². The molecule has 0 saturated carbocycles. The van der Waals surface area contributed by atoms with Crippen LogP contribution in [0.4, 0.5) is 0 Å². The van der Waals surface area contributed by atoms with Gasteiger partial charge in [0.05, 0.1) is 0 Å². The van der Waals surface area contributed by atoms with Crippen molar-refractivity contribution in [3.8, 4) is 0 Å². The first-order chi connectivity index (χ1) is 6.84. The van der Waals surface area contributed by atoms with Gasteiger partial charge < -0.3 is 9.73 Å². The Kier molecular flexibility index (Phi) is 3.25. The van der Waals surface area contributed by atoms with Crippen LogP contribution in [-0.4, -0.2) is 13.1 Å². The molecule has 0 aliphatic carbocycles. The molecule has 0 radical (unpaired) electrons. The molecule has 1 unspecified atom stereocenters. The fourth-order valence-corrected chi connectivity index (χ4v) is 2.14. The normalized spacial score (nSPS) is 22.5. The van der Waals surface area contributed by atoms with Gasteiger partial charge in [0.2, 0.25) is 0 Å². The van der Waals surface area contributed by atoms with Gasteiger partial charge >= 0.3 is 0 Å². The molecule has 2 nitrogen and oxygen atoms in total. The maximum absolute atomic E-state index is 5.55. The van der Waals surface area contributed by atoms with E-state index in [9.17, 15) is 0 Å². The first kappa shape index (κ1) is 9.78. The summed E-state index contributed by atoms with van der Waals surface area (Å²) < 4.78 is 5.55. The smallest absolute Gasteiger partial charge is 0.104 e. The highest BCUT2D eigenvalue weighted by Crippen LogP contribution is 2.18. The highest BCUT2D eigenvalue weighted by Gasteiger charge is 2.13. The summed E-state index contributed by atoms with van der Waals surface area (Å²) in [5.41, 5.74) is 0. The van der Waals surface area contributed by atoms with Crippen molar-refractivity contribution in [2.75, 3.05) is 13.1 Å². The Labute approximate surface area is 85.7 Å². The largest absolute Gasteiger partial charge is 0.466 e. The van der Waals surface area contributed by atoms with Crippen LogP contribution < -0.4 is 5.32 Å². The second-order valence-electron chi connectivity index (χ2n) is 4.26. The third kappa shape index (κ3) is 2.61. The molecule has 1 N–H and O–H groups in total. The van der Waals surface area contributed by atoms with Gasteiger partial charge in [-0.3, -0.25) is 0 Å². The first-order valence-electron chi connectivity index (χ1n) is 5.60. The van der Waals surface area contributed by atoms with Crippen molar-refractivity contribution in [3.63, 3.8) is 0 Å². The van der Waals surface area contributed by atoms with E-state index in [1.165, 1.54) is 32.4 Å². The minimum absolute atomic E-state index is 0.856. The molecule has 1 aromatic rings. The van der Waals surface area contributed by atoms with Gasteiger partial charge in [0.15, 0.2) is 0 Å². The van der Waals surface area contributed by atoms with Gasteiger partial charge in [-0.25, -0.2) is 0 Å². The molecule has 0 spiro atoms. The molecular formula is C12H19NO. The highest BCUT2D eigenvalue weighted by atomic mass is 16.3. The molecule has 0 amide bonds. The molecule has 78 valence electrons. The average molecular weight is 193 g/mol. The summed E-state index contributed by atoms with van der Waals surface area (Å²) in [4.78, 5) is 0. The average Bonchev–Trinajstić information content (AvgIpc) is 2.63. The predicted octanol–water partition coefficient (Wildman–Crippen LogP) is 2.52. The fourth-order valence-electron chi connectivity index (χ4n) is 2.14. The molecule has 1 aliphatic rings. The second kappa shape index (κ2) is 4.65. The van der Waals surface area contributed by atoms with Crippen LogP contribution in [0.3, 0.4) is 0 Å². The molecule has 1 atom stereocenters. The molecule has 1 saturated heterocycles. The van der Waals surface area contributed by atoms with Crippen LogP contribution in [0.25, 0.3) is 0 Å². The van der Waals surface area contributed by atoms with Crippen molar-refractivity contribution in [1.29, 1.82) is 0 Å². The van der Waals surface area contributed by atoms with Crippen LogP contribution in [0.1, 0.15) is 30.8 Å². The van der Waals surface area contributed by atoms with E-state index in [0.717, 1.165) is 23.9 Å². The van der Waals surface area contributed by atoms with Crippen molar-refractivity contribution in [3.05, 3.63) is 23.7 Å². The quantitative estimate of drug-likeness (QED) is 0.798. The molecule has 1 aliphatic heterocycles. The topological polar surface area (TPSA) is 25.2 Å². The molecule has 1 fully saturated rings. The minimum atomic E-state index is 0.856. The Hall–Kier alpha value is -0.760. The number of hydrogen-bond donors (Lipinski definition) is 1. The van der Waals surface area contributed by atoms with Gasteiger partial charge in [-0.1, -0.05) is 0 Å². The van der Waals surface area contributed by atoms with E-state index in [0.29, 0.717) is 0 Å². The monoisotopic (exact) mass is 193 g/mol. The van der Waals surface area contributed by atoms with Gasteiger partial charge in [-0.2, -0.15) is 0 Å². The zero-order chi connectivity index (χ0) is 9.80. The van der Waals surface area contributed by atoms with E-state index in [-0.39, 0.29) is 0 Å². The number of rotatable bonds is 3. The summed E-state index contributed by atoms with van der Waals surface area (Å²) in [6.07, 6.45) is 5.08. The van der Waals surface area contributed by atoms with Crippen molar-refractivity contribution in [1.82, 2.24) is 5.32 Å². The summed E-state index contributed by atoms with van der Waals surface area (Å²) in [5, 5.41) is 3.45. The Bertz CT molecular complexity index is 274. The van der Waals surface area contributed by atoms with Gasteiger partial charge in [-0.05, 0) is 57.3 Å². The molecule has 2 rings (SSSR count). The zero-order valence-corrected chi connectivity index (χ0v) is 8.88. The van der Waals surface area contributed by atoms with Crippen LogP contribution in [0.2, 0.25) is 0 Å². The van der Waals surface area contributed by atoms with Gasteiger partial charge in [0.1, 0.15) is 11.5 Å². The number of aryl methyl sites for hydroxylation is 2. The van der Waals surface area contributed by atoms with Crippen molar-refractivity contribution in [2.45, 2.75) is 32.6 Å². The molecular weight excluding hydrogens is 174 g/mol. The van der Waals surface area contributed by atoms with Crippen molar-refractivity contribution < 1.29 is 4.42 Å². The van der Waals surface area contributed by atoms with Gasteiger partial charge in [0.25, 0.3) is 0 Å². The predicted molar refractivity (Wildman–Crippen MR) is 57.4 cm³/mol. The lowest BCUT2D eigenvalue weighted by Crippen LogP contribution is -2.29. The zero-order valence-electron chi connectivity index (χ0n) is 8.88. The minimum Gasteiger partial charge on any atom is -0.466 e. The Morgan fingerprint density at radius 3 is 3.07 bits per heavy atom. The van der Waals surface area contributed by atoms with Crippen LogP contribution in [0.5, 0.6) is 0 Å². The summed E-state index contributed by atoms with van der Waals surface area (Å²) in [7, 11) is 0. The van der Waals surface area contributed by atoms with Crippen LogP contribution in [-0.2, 0) is 6.42 Å². The summed E-state index contributed by atoms with van der Waals surface area (Å²) in [6.45, 7) is 4.40. The molecule has 14 heavy (non-hydrogen) atoms. The summed E-state index contributed by atoms with van der Waals surface area (Å²) >= 11 is 0. The van der Waals surface area contributed by atoms with E-state index in [1.54, 1.807) is 0 Å². The van der Waals surface area contributed by atoms with Crippen LogP contribution in [0, 0.1) is 12.8 Å². The number of furan rings is 1. The lowest BCUT2D eigenvalue weighted by atomic mass is 9.94. The molecule has 2 heterocycles. The lowest BCUT2D eigenvalue weighted by Gasteiger charge is -2.22. The Balaban J connectivity index is 1.76. The van der Waals surface area contributed by atoms with E-state index in [1.807, 2.05) is 6.92 Å². The number of piperidine rings is 1. The highest BCUT2D eigenvalue weighted by molar-refractivity contribution is 5.05. The fraction of sp³-hybridized carbons (Fsp3) is 0.667.